The second-order valence-corrected chi connectivity index (χ2v) is 7.73. The standard InChI is InChI=1S/C22H26FN3O3/c23-18-3-4-20-21(11-18)29-19(15-28-20)14-26-8-5-16(6-9-26)13-25-22(27)10-17-2-1-7-24-12-17/h1-4,7,11-12,16,19H,5-6,8-10,13-15H2,(H,25,27)/t19-/m0/s1. The number of aromatic nitrogens is 1. The summed E-state index contributed by atoms with van der Waals surface area (Å²) in [4.78, 5) is 18.5. The van der Waals surface area contributed by atoms with Crippen molar-refractivity contribution in [1.82, 2.24) is 15.2 Å². The maximum Gasteiger partial charge on any atom is 0.224 e. The summed E-state index contributed by atoms with van der Waals surface area (Å²) in [5.74, 6) is 1.29. The largest absolute Gasteiger partial charge is 0.486 e. The third-order valence-corrected chi connectivity index (χ3v) is 5.47. The Labute approximate surface area is 170 Å². The zero-order chi connectivity index (χ0) is 20.1. The Morgan fingerprint density at radius 2 is 2.10 bits per heavy atom. The molecule has 3 heterocycles. The molecule has 0 radical (unpaired) electrons. The first-order valence-electron chi connectivity index (χ1n) is 10.1. The number of nitrogens with zero attached hydrogens (tertiary/aromatic N) is 2. The van der Waals surface area contributed by atoms with E-state index in [2.05, 4.69) is 15.2 Å². The van der Waals surface area contributed by atoms with Gasteiger partial charge in [-0.15, -0.1) is 0 Å². The summed E-state index contributed by atoms with van der Waals surface area (Å²) >= 11 is 0. The highest BCUT2D eigenvalue weighted by atomic mass is 19.1. The summed E-state index contributed by atoms with van der Waals surface area (Å²) in [5, 5.41) is 3.05. The SMILES string of the molecule is O=C(Cc1cccnc1)NCC1CCN(C[C@H]2COc3ccc(F)cc3O2)CC1. The monoisotopic (exact) mass is 399 g/mol. The van der Waals surface area contributed by atoms with Crippen LogP contribution in [0.25, 0.3) is 0 Å². The number of benzene rings is 1. The van der Waals surface area contributed by atoms with Gasteiger partial charge in [-0.2, -0.15) is 0 Å². The van der Waals surface area contributed by atoms with Gasteiger partial charge in [0.05, 0.1) is 6.42 Å². The number of carbonyl (C=O) groups excluding carboxylic acids is 1. The highest BCUT2D eigenvalue weighted by molar-refractivity contribution is 5.78. The average molecular weight is 399 g/mol. The van der Waals surface area contributed by atoms with Gasteiger partial charge in [-0.05, 0) is 55.6 Å². The topological polar surface area (TPSA) is 63.7 Å². The quantitative estimate of drug-likeness (QED) is 0.808. The summed E-state index contributed by atoms with van der Waals surface area (Å²) in [6.45, 7) is 3.86. The van der Waals surface area contributed by atoms with Gasteiger partial charge in [0.25, 0.3) is 0 Å². The molecule has 1 fully saturated rings. The van der Waals surface area contributed by atoms with Crippen molar-refractivity contribution in [2.24, 2.45) is 5.92 Å². The van der Waals surface area contributed by atoms with E-state index in [0.29, 0.717) is 37.0 Å². The minimum absolute atomic E-state index is 0.0408. The predicted molar refractivity (Wildman–Crippen MR) is 106 cm³/mol. The maximum absolute atomic E-state index is 13.4. The molecule has 6 nitrogen and oxygen atoms in total. The Balaban J connectivity index is 1.17. The fourth-order valence-corrected chi connectivity index (χ4v) is 3.85. The summed E-state index contributed by atoms with van der Waals surface area (Å²) in [6, 6.07) is 8.11. The van der Waals surface area contributed by atoms with Crippen molar-refractivity contribution < 1.29 is 18.7 Å². The maximum atomic E-state index is 13.4. The van der Waals surface area contributed by atoms with Gasteiger partial charge in [0, 0.05) is 31.5 Å². The van der Waals surface area contributed by atoms with Crippen LogP contribution in [-0.2, 0) is 11.2 Å². The van der Waals surface area contributed by atoms with Crippen molar-refractivity contribution in [1.29, 1.82) is 0 Å². The lowest BCUT2D eigenvalue weighted by molar-refractivity contribution is -0.120. The van der Waals surface area contributed by atoms with Crippen LogP contribution in [0.15, 0.2) is 42.7 Å². The van der Waals surface area contributed by atoms with Crippen LogP contribution in [-0.4, -0.2) is 54.7 Å². The van der Waals surface area contributed by atoms with E-state index in [-0.39, 0.29) is 17.8 Å². The molecule has 1 N–H and O–H groups in total. The fraction of sp³-hybridized carbons (Fsp3) is 0.455. The minimum atomic E-state index is -0.320. The molecular weight excluding hydrogens is 373 g/mol. The minimum Gasteiger partial charge on any atom is -0.486 e. The number of hydrogen-bond acceptors (Lipinski definition) is 5. The molecular formula is C22H26FN3O3. The third-order valence-electron chi connectivity index (χ3n) is 5.47. The molecule has 1 aromatic carbocycles. The van der Waals surface area contributed by atoms with E-state index in [1.54, 1.807) is 18.5 Å². The molecule has 0 aliphatic carbocycles. The Bertz CT molecular complexity index is 825. The van der Waals surface area contributed by atoms with E-state index in [1.807, 2.05) is 12.1 Å². The van der Waals surface area contributed by atoms with Gasteiger partial charge in [0.2, 0.25) is 5.91 Å². The molecule has 0 bridgehead atoms. The number of pyridine rings is 1. The zero-order valence-electron chi connectivity index (χ0n) is 16.4. The van der Waals surface area contributed by atoms with Crippen molar-refractivity contribution in [2.45, 2.75) is 25.4 Å². The molecule has 29 heavy (non-hydrogen) atoms. The molecule has 2 aliphatic rings. The molecule has 1 amide bonds. The fourth-order valence-electron chi connectivity index (χ4n) is 3.85. The molecule has 7 heteroatoms. The van der Waals surface area contributed by atoms with Crippen LogP contribution < -0.4 is 14.8 Å². The Hall–Kier alpha value is -2.67. The molecule has 154 valence electrons. The molecule has 0 spiro atoms. The molecule has 4 rings (SSSR count). The van der Waals surface area contributed by atoms with Gasteiger partial charge in [-0.25, -0.2) is 4.39 Å². The van der Waals surface area contributed by atoms with E-state index in [9.17, 15) is 9.18 Å². The van der Waals surface area contributed by atoms with Gasteiger partial charge in [-0.1, -0.05) is 6.07 Å². The number of likely N-dealkylation sites (tertiary alicyclic amines) is 1. The lowest BCUT2D eigenvalue weighted by atomic mass is 9.96. The molecule has 2 aliphatic heterocycles. The third kappa shape index (κ3) is 5.44. The van der Waals surface area contributed by atoms with Crippen LogP contribution in [0.3, 0.4) is 0 Å². The van der Waals surface area contributed by atoms with E-state index >= 15 is 0 Å². The lowest BCUT2D eigenvalue weighted by Gasteiger charge is -2.35. The van der Waals surface area contributed by atoms with E-state index in [0.717, 1.165) is 38.0 Å². The number of rotatable bonds is 6. The Morgan fingerprint density at radius 1 is 1.24 bits per heavy atom. The van der Waals surface area contributed by atoms with Crippen molar-refractivity contribution in [3.63, 3.8) is 0 Å². The molecule has 0 saturated carbocycles. The van der Waals surface area contributed by atoms with Gasteiger partial charge in [-0.3, -0.25) is 14.7 Å². The first-order valence-corrected chi connectivity index (χ1v) is 10.1. The van der Waals surface area contributed by atoms with Gasteiger partial charge in [0.15, 0.2) is 11.5 Å². The van der Waals surface area contributed by atoms with Crippen molar-refractivity contribution in [3.05, 3.63) is 54.1 Å². The highest BCUT2D eigenvalue weighted by Gasteiger charge is 2.26. The second kappa shape index (κ2) is 9.22. The highest BCUT2D eigenvalue weighted by Crippen LogP contribution is 2.32. The number of ether oxygens (including phenoxy) is 2. The van der Waals surface area contributed by atoms with E-state index in [1.165, 1.54) is 12.1 Å². The van der Waals surface area contributed by atoms with Crippen LogP contribution in [0.2, 0.25) is 0 Å². The summed E-state index contributed by atoms with van der Waals surface area (Å²) in [7, 11) is 0. The molecule has 1 saturated heterocycles. The van der Waals surface area contributed by atoms with Gasteiger partial charge in [0.1, 0.15) is 18.5 Å². The number of halogens is 1. The zero-order valence-corrected chi connectivity index (χ0v) is 16.4. The Morgan fingerprint density at radius 3 is 2.90 bits per heavy atom. The van der Waals surface area contributed by atoms with Crippen LogP contribution in [0, 0.1) is 11.7 Å². The van der Waals surface area contributed by atoms with Crippen LogP contribution in [0.4, 0.5) is 4.39 Å². The van der Waals surface area contributed by atoms with Crippen LogP contribution in [0.5, 0.6) is 11.5 Å². The number of piperidine rings is 1. The van der Waals surface area contributed by atoms with Crippen LogP contribution in [0.1, 0.15) is 18.4 Å². The van der Waals surface area contributed by atoms with Crippen molar-refractivity contribution >= 4 is 5.91 Å². The normalized spacial score (nSPS) is 19.7. The van der Waals surface area contributed by atoms with E-state index in [4.69, 9.17) is 9.47 Å². The van der Waals surface area contributed by atoms with Gasteiger partial charge >= 0.3 is 0 Å². The first kappa shape index (κ1) is 19.6. The number of nitrogens with one attached hydrogen (secondary N) is 1. The van der Waals surface area contributed by atoms with Gasteiger partial charge < -0.3 is 14.8 Å². The molecule has 0 unspecified atom stereocenters. The summed E-state index contributed by atoms with van der Waals surface area (Å²) in [6.07, 6.45) is 5.77. The predicted octanol–water partition coefficient (Wildman–Crippen LogP) is 2.43. The average Bonchev–Trinajstić information content (AvgIpc) is 2.74. The Kier molecular flexibility index (Phi) is 6.24. The summed E-state index contributed by atoms with van der Waals surface area (Å²) < 4.78 is 25.0. The number of carbonyl (C=O) groups is 1. The molecule has 2 aromatic rings. The van der Waals surface area contributed by atoms with Crippen molar-refractivity contribution in [2.75, 3.05) is 32.8 Å². The van der Waals surface area contributed by atoms with Crippen LogP contribution >= 0.6 is 0 Å². The smallest absolute Gasteiger partial charge is 0.224 e. The number of fused-ring (bicyclic) bond motifs is 1. The van der Waals surface area contributed by atoms with Crippen molar-refractivity contribution in [3.8, 4) is 11.5 Å². The molecule has 1 atom stereocenters. The van der Waals surface area contributed by atoms with E-state index < -0.39 is 0 Å². The summed E-state index contributed by atoms with van der Waals surface area (Å²) in [5.41, 5.74) is 0.927. The number of hydrogen-bond donors (Lipinski definition) is 1. The first-order chi connectivity index (χ1) is 14.2. The number of amides is 1. The second-order valence-electron chi connectivity index (χ2n) is 7.73. The molecule has 1 aromatic heterocycles. The lowest BCUT2D eigenvalue weighted by Crippen LogP contribution is -2.45.